The molecule has 0 N–H and O–H groups in total. The van der Waals surface area contributed by atoms with Crippen molar-refractivity contribution in [2.24, 2.45) is 10.2 Å². The molecule has 4 nitrogen and oxygen atoms in total. The zero-order valence-electron chi connectivity index (χ0n) is 9.84. The van der Waals surface area contributed by atoms with Crippen LogP contribution in [0.15, 0.2) is 39.7 Å². The van der Waals surface area contributed by atoms with Gasteiger partial charge in [-0.05, 0) is 19.1 Å². The first-order valence-corrected chi connectivity index (χ1v) is 6.82. The van der Waals surface area contributed by atoms with E-state index in [1.807, 2.05) is 31.2 Å². The van der Waals surface area contributed by atoms with Crippen LogP contribution in [0, 0.1) is 6.92 Å². The molecule has 1 heterocycles. The van der Waals surface area contributed by atoms with Gasteiger partial charge in [-0.1, -0.05) is 40.9 Å². The Balaban J connectivity index is 2.30. The molecule has 2 rings (SSSR count). The Morgan fingerprint density at radius 1 is 1.05 bits per heavy atom. The smallest absolute Gasteiger partial charge is 0.178 e. The van der Waals surface area contributed by atoms with E-state index in [2.05, 4.69) is 20.2 Å². The third kappa shape index (κ3) is 3.68. The van der Waals surface area contributed by atoms with E-state index in [-0.39, 0.29) is 21.2 Å². The first-order valence-electron chi connectivity index (χ1n) is 5.18. The largest absolute Gasteiger partial charge is 0.209 e. The summed E-state index contributed by atoms with van der Waals surface area (Å²) < 4.78 is 0. The molecule has 1 aromatic carbocycles. The molecule has 0 unspecified atom stereocenters. The van der Waals surface area contributed by atoms with Crippen LogP contribution in [0.4, 0.5) is 11.4 Å². The average molecular weight is 309 g/mol. The Morgan fingerprint density at radius 2 is 1.63 bits per heavy atom. The fraction of sp³-hybridized carbons (Fsp3) is 0.0909. The molecule has 19 heavy (non-hydrogen) atoms. The summed E-state index contributed by atoms with van der Waals surface area (Å²) in [7, 11) is 5.34. The zero-order valence-corrected chi connectivity index (χ0v) is 12.2. The highest BCUT2D eigenvalue weighted by molar-refractivity contribution is 8.19. The van der Waals surface area contributed by atoms with Gasteiger partial charge in [-0.2, -0.15) is 16.7 Å². The number of azo groups is 1. The third-order valence-corrected chi connectivity index (χ3v) is 3.10. The lowest BCUT2D eigenvalue weighted by molar-refractivity contribution is 0.965. The summed E-state index contributed by atoms with van der Waals surface area (Å²) in [4.78, 5) is 7.87. The monoisotopic (exact) mass is 308 g/mol. The lowest BCUT2D eigenvalue weighted by Crippen LogP contribution is -1.88. The van der Waals surface area contributed by atoms with Crippen LogP contribution in [0.2, 0.25) is 10.3 Å². The van der Waals surface area contributed by atoms with E-state index in [9.17, 15) is 0 Å². The maximum atomic E-state index is 5.95. The second kappa shape index (κ2) is 6.37. The van der Waals surface area contributed by atoms with E-state index in [1.54, 1.807) is 0 Å². The summed E-state index contributed by atoms with van der Waals surface area (Å²) in [5, 5.41) is 8.51. The predicted molar refractivity (Wildman–Crippen MR) is 79.0 cm³/mol. The van der Waals surface area contributed by atoms with Gasteiger partial charge in [-0.3, -0.25) is 0 Å². The van der Waals surface area contributed by atoms with Crippen molar-refractivity contribution >= 4 is 53.3 Å². The minimum absolute atomic E-state index is 0.115. The van der Waals surface area contributed by atoms with E-state index >= 15 is 0 Å². The van der Waals surface area contributed by atoms with Gasteiger partial charge in [0.15, 0.2) is 28.3 Å². The molecule has 0 fully saturated rings. The summed E-state index contributed by atoms with van der Waals surface area (Å²) in [6.07, 6.45) is 0. The summed E-state index contributed by atoms with van der Waals surface area (Å²) in [6.45, 7) is 1.99. The van der Waals surface area contributed by atoms with Crippen LogP contribution in [-0.2, 0) is 0 Å². The van der Waals surface area contributed by atoms with Crippen molar-refractivity contribution in [1.82, 2.24) is 9.97 Å². The SMILES string of the molecule is [B]Sc1nc(Cl)c(N=Nc2ccc(C)cc2)c(Cl)n1. The third-order valence-electron chi connectivity index (χ3n) is 2.18. The Hall–Kier alpha value is -1.11. The topological polar surface area (TPSA) is 50.5 Å². The predicted octanol–water partition coefficient (Wildman–Crippen LogP) is 4.68. The van der Waals surface area contributed by atoms with Gasteiger partial charge < -0.3 is 0 Å². The lowest BCUT2D eigenvalue weighted by Gasteiger charge is -2.01. The van der Waals surface area contributed by atoms with Gasteiger partial charge in [-0.25, -0.2) is 9.97 Å². The molecule has 2 aromatic rings. The molecule has 0 bridgehead atoms. The van der Waals surface area contributed by atoms with Crippen LogP contribution in [0.1, 0.15) is 5.56 Å². The highest BCUT2D eigenvalue weighted by Crippen LogP contribution is 2.32. The normalized spacial score (nSPS) is 11.1. The van der Waals surface area contributed by atoms with E-state index in [0.717, 1.165) is 17.2 Å². The first kappa shape index (κ1) is 14.3. The Kier molecular flexibility index (Phi) is 4.79. The molecule has 1 aromatic heterocycles. The number of nitrogens with zero attached hydrogens (tertiary/aromatic N) is 4. The number of aryl methyl sites for hydroxylation is 1. The van der Waals surface area contributed by atoms with Gasteiger partial charge in [0.2, 0.25) is 0 Å². The summed E-state index contributed by atoms with van der Waals surface area (Å²) in [6, 6.07) is 7.54. The van der Waals surface area contributed by atoms with Crippen LogP contribution in [0.25, 0.3) is 0 Å². The van der Waals surface area contributed by atoms with Crippen LogP contribution < -0.4 is 0 Å². The molecule has 0 atom stereocenters. The fourth-order valence-corrected chi connectivity index (χ4v) is 2.09. The molecule has 94 valence electrons. The quantitative estimate of drug-likeness (QED) is 0.358. The molecular weight excluding hydrogens is 302 g/mol. The maximum absolute atomic E-state index is 5.95. The Morgan fingerprint density at radius 3 is 2.16 bits per heavy atom. The number of rotatable bonds is 3. The van der Waals surface area contributed by atoms with Crippen molar-refractivity contribution in [3.8, 4) is 0 Å². The van der Waals surface area contributed by atoms with Crippen LogP contribution in [-0.4, -0.2) is 17.1 Å². The number of hydrogen-bond donors (Lipinski definition) is 0. The van der Waals surface area contributed by atoms with Crippen LogP contribution in [0.5, 0.6) is 0 Å². The number of halogens is 2. The molecule has 0 saturated carbocycles. The second-order valence-corrected chi connectivity index (χ2v) is 4.91. The van der Waals surface area contributed by atoms with Crippen molar-refractivity contribution < 1.29 is 0 Å². The minimum Gasteiger partial charge on any atom is -0.209 e. The standard InChI is InChI=1S/C11H7BCl2N4S/c1-6-2-4-7(5-3-6)17-18-8-9(13)15-11(19-12)16-10(8)14/h2-5H,1H3. The molecule has 0 spiro atoms. The number of aromatic nitrogens is 2. The van der Waals surface area contributed by atoms with Gasteiger partial charge in [0.25, 0.3) is 0 Å². The second-order valence-electron chi connectivity index (χ2n) is 3.59. The molecular formula is C11H7BCl2N4S. The first-order chi connectivity index (χ1) is 9.10. The highest BCUT2D eigenvalue weighted by Gasteiger charge is 2.10. The highest BCUT2D eigenvalue weighted by atomic mass is 35.5. The van der Waals surface area contributed by atoms with E-state index < -0.39 is 0 Å². The van der Waals surface area contributed by atoms with Crippen molar-refractivity contribution in [1.29, 1.82) is 0 Å². The van der Waals surface area contributed by atoms with Crippen LogP contribution >= 0.6 is 34.8 Å². The maximum Gasteiger partial charge on any atom is 0.178 e. The van der Waals surface area contributed by atoms with Crippen molar-refractivity contribution in [3.05, 3.63) is 40.1 Å². The van der Waals surface area contributed by atoms with Crippen LogP contribution in [0.3, 0.4) is 0 Å². The Labute approximate surface area is 126 Å². The van der Waals surface area contributed by atoms with Gasteiger partial charge in [-0.15, -0.1) is 5.11 Å². The molecule has 0 amide bonds. The molecule has 0 aliphatic heterocycles. The summed E-state index contributed by atoms with van der Waals surface area (Å²) >= 11 is 12.8. The fourth-order valence-electron chi connectivity index (χ4n) is 1.24. The minimum atomic E-state index is 0.115. The van der Waals surface area contributed by atoms with Gasteiger partial charge in [0.1, 0.15) is 0 Å². The molecule has 2 radical (unpaired) electrons. The van der Waals surface area contributed by atoms with Gasteiger partial charge in [0.05, 0.1) is 5.69 Å². The van der Waals surface area contributed by atoms with Gasteiger partial charge in [0, 0.05) is 0 Å². The molecule has 0 aliphatic rings. The molecule has 0 aliphatic carbocycles. The van der Waals surface area contributed by atoms with E-state index in [4.69, 9.17) is 30.3 Å². The van der Waals surface area contributed by atoms with Crippen molar-refractivity contribution in [3.63, 3.8) is 0 Å². The summed E-state index contributed by atoms with van der Waals surface area (Å²) in [5.41, 5.74) is 2.05. The lowest BCUT2D eigenvalue weighted by atomic mass is 10.2. The number of hydrogen-bond acceptors (Lipinski definition) is 5. The molecule has 8 heteroatoms. The zero-order chi connectivity index (χ0) is 13.8. The van der Waals surface area contributed by atoms with Crippen molar-refractivity contribution in [2.45, 2.75) is 12.1 Å². The van der Waals surface area contributed by atoms with Crippen molar-refractivity contribution in [2.75, 3.05) is 0 Å². The van der Waals surface area contributed by atoms with E-state index in [0.29, 0.717) is 5.69 Å². The summed E-state index contributed by atoms with van der Waals surface area (Å²) in [5.74, 6) is 0. The number of benzene rings is 1. The molecule has 0 saturated heterocycles. The van der Waals surface area contributed by atoms with E-state index in [1.165, 1.54) is 0 Å². The average Bonchev–Trinajstić information content (AvgIpc) is 2.39. The van der Waals surface area contributed by atoms with Gasteiger partial charge >= 0.3 is 0 Å². The Bertz CT molecular complexity index is 596.